The number of nitrogens with zero attached hydrogens (tertiary/aromatic N) is 2. The number of carbonyl (C=O) groups excluding carboxylic acids is 1. The molecule has 1 aromatic heterocycles. The number of imidazole rings is 1. The van der Waals surface area contributed by atoms with Crippen molar-refractivity contribution in [2.45, 2.75) is 31.2 Å². The topological polar surface area (TPSA) is 96.3 Å². The van der Waals surface area contributed by atoms with E-state index in [0.717, 1.165) is 12.2 Å². The molecule has 0 atom stereocenters. The molecule has 0 bridgehead atoms. The summed E-state index contributed by atoms with van der Waals surface area (Å²) in [4.78, 5) is 26.9. The highest BCUT2D eigenvalue weighted by Crippen LogP contribution is 2.31. The smallest absolute Gasteiger partial charge is 0.329 e. The molecule has 104 valence electrons. The SMILES string of the molecule is Cn1ccnc1CCNC(=O)NC1(C(=O)O)CCC1. The Morgan fingerprint density at radius 3 is 2.74 bits per heavy atom. The van der Waals surface area contributed by atoms with Gasteiger partial charge in [0.05, 0.1) is 0 Å². The summed E-state index contributed by atoms with van der Waals surface area (Å²) < 4.78 is 1.88. The van der Waals surface area contributed by atoms with Crippen LogP contribution in [0, 0.1) is 0 Å². The molecule has 1 aliphatic carbocycles. The zero-order valence-corrected chi connectivity index (χ0v) is 10.8. The molecule has 0 radical (unpaired) electrons. The summed E-state index contributed by atoms with van der Waals surface area (Å²) in [7, 11) is 1.89. The average molecular weight is 266 g/mol. The molecule has 1 fully saturated rings. The van der Waals surface area contributed by atoms with Gasteiger partial charge in [-0.1, -0.05) is 0 Å². The van der Waals surface area contributed by atoms with Crippen LogP contribution < -0.4 is 10.6 Å². The number of urea groups is 1. The van der Waals surface area contributed by atoms with Crippen molar-refractivity contribution in [3.8, 4) is 0 Å². The zero-order valence-electron chi connectivity index (χ0n) is 10.8. The third kappa shape index (κ3) is 2.86. The second-order valence-electron chi connectivity index (χ2n) is 4.83. The fourth-order valence-electron chi connectivity index (χ4n) is 2.11. The van der Waals surface area contributed by atoms with Crippen molar-refractivity contribution in [1.29, 1.82) is 0 Å². The van der Waals surface area contributed by atoms with Crippen LogP contribution in [0.2, 0.25) is 0 Å². The first-order valence-corrected chi connectivity index (χ1v) is 6.29. The second kappa shape index (κ2) is 5.29. The van der Waals surface area contributed by atoms with Crippen molar-refractivity contribution < 1.29 is 14.7 Å². The minimum Gasteiger partial charge on any atom is -0.480 e. The number of rotatable bonds is 5. The lowest BCUT2D eigenvalue weighted by atomic mass is 9.77. The molecule has 2 rings (SSSR count). The van der Waals surface area contributed by atoms with Gasteiger partial charge in [0, 0.05) is 32.4 Å². The highest BCUT2D eigenvalue weighted by Gasteiger charge is 2.45. The third-order valence-electron chi connectivity index (χ3n) is 3.52. The number of aryl methyl sites for hydroxylation is 1. The normalized spacial score (nSPS) is 16.5. The van der Waals surface area contributed by atoms with Crippen LogP contribution >= 0.6 is 0 Å². The van der Waals surface area contributed by atoms with Gasteiger partial charge in [-0.05, 0) is 19.3 Å². The second-order valence-corrected chi connectivity index (χ2v) is 4.83. The van der Waals surface area contributed by atoms with Crippen molar-refractivity contribution in [3.05, 3.63) is 18.2 Å². The Morgan fingerprint density at radius 1 is 1.53 bits per heavy atom. The lowest BCUT2D eigenvalue weighted by molar-refractivity contribution is -0.148. The Kier molecular flexibility index (Phi) is 3.73. The third-order valence-corrected chi connectivity index (χ3v) is 3.52. The predicted octanol–water partition coefficient (Wildman–Crippen LogP) is 0.269. The number of carboxylic acid groups (broad SMARTS) is 1. The van der Waals surface area contributed by atoms with E-state index in [-0.39, 0.29) is 0 Å². The number of hydrogen-bond acceptors (Lipinski definition) is 3. The van der Waals surface area contributed by atoms with Gasteiger partial charge in [0.15, 0.2) is 0 Å². The first kappa shape index (κ1) is 13.4. The largest absolute Gasteiger partial charge is 0.480 e. The Labute approximate surface area is 111 Å². The van der Waals surface area contributed by atoms with E-state index in [1.807, 2.05) is 17.8 Å². The summed E-state index contributed by atoms with van der Waals surface area (Å²) in [6.07, 6.45) is 5.97. The van der Waals surface area contributed by atoms with Crippen molar-refractivity contribution in [2.24, 2.45) is 7.05 Å². The van der Waals surface area contributed by atoms with Gasteiger partial charge < -0.3 is 20.3 Å². The quantitative estimate of drug-likeness (QED) is 0.712. The molecule has 1 heterocycles. The average Bonchev–Trinajstić information content (AvgIpc) is 2.69. The molecular weight excluding hydrogens is 248 g/mol. The van der Waals surface area contributed by atoms with Gasteiger partial charge >= 0.3 is 12.0 Å². The van der Waals surface area contributed by atoms with E-state index in [2.05, 4.69) is 15.6 Å². The van der Waals surface area contributed by atoms with Gasteiger partial charge in [0.1, 0.15) is 11.4 Å². The van der Waals surface area contributed by atoms with E-state index < -0.39 is 17.5 Å². The minimum atomic E-state index is -1.06. The summed E-state index contributed by atoms with van der Waals surface area (Å²) in [5.74, 6) is -0.0881. The number of aromatic nitrogens is 2. The zero-order chi connectivity index (χ0) is 13.9. The van der Waals surface area contributed by atoms with Crippen molar-refractivity contribution in [3.63, 3.8) is 0 Å². The monoisotopic (exact) mass is 266 g/mol. The molecule has 19 heavy (non-hydrogen) atoms. The van der Waals surface area contributed by atoms with Gasteiger partial charge in [-0.3, -0.25) is 0 Å². The standard InChI is InChI=1S/C12H18N4O3/c1-16-8-7-13-9(16)3-6-14-11(19)15-12(10(17)18)4-2-5-12/h7-8H,2-6H2,1H3,(H,17,18)(H2,14,15,19). The molecule has 2 amide bonds. The molecule has 0 aliphatic heterocycles. The van der Waals surface area contributed by atoms with Crippen molar-refractivity contribution in [1.82, 2.24) is 20.2 Å². The first-order valence-electron chi connectivity index (χ1n) is 6.29. The lowest BCUT2D eigenvalue weighted by Crippen LogP contribution is -2.61. The van der Waals surface area contributed by atoms with Crippen LogP contribution in [-0.4, -0.2) is 38.7 Å². The molecule has 0 saturated heterocycles. The van der Waals surface area contributed by atoms with Crippen LogP contribution in [0.3, 0.4) is 0 Å². The maximum absolute atomic E-state index is 11.7. The molecule has 1 aromatic rings. The Morgan fingerprint density at radius 2 is 2.26 bits per heavy atom. The number of carboxylic acids is 1. The number of nitrogens with one attached hydrogen (secondary N) is 2. The van der Waals surface area contributed by atoms with Crippen LogP contribution in [0.25, 0.3) is 0 Å². The Hall–Kier alpha value is -2.05. The number of carbonyl (C=O) groups is 2. The fourth-order valence-corrected chi connectivity index (χ4v) is 2.11. The lowest BCUT2D eigenvalue weighted by Gasteiger charge is -2.38. The van der Waals surface area contributed by atoms with Crippen molar-refractivity contribution in [2.75, 3.05) is 6.54 Å². The van der Waals surface area contributed by atoms with Gasteiger partial charge in [0.25, 0.3) is 0 Å². The minimum absolute atomic E-state index is 0.423. The maximum Gasteiger partial charge on any atom is 0.329 e. The van der Waals surface area contributed by atoms with Gasteiger partial charge in [-0.25, -0.2) is 14.6 Å². The highest BCUT2D eigenvalue weighted by atomic mass is 16.4. The molecule has 1 saturated carbocycles. The summed E-state index contributed by atoms with van der Waals surface area (Å²) in [6, 6.07) is -0.434. The number of hydrogen-bond donors (Lipinski definition) is 3. The predicted molar refractivity (Wildman–Crippen MR) is 67.7 cm³/mol. The van der Waals surface area contributed by atoms with E-state index in [4.69, 9.17) is 5.11 Å². The number of aliphatic carboxylic acids is 1. The molecule has 7 nitrogen and oxygen atoms in total. The molecule has 0 spiro atoms. The summed E-state index contributed by atoms with van der Waals surface area (Å²) >= 11 is 0. The van der Waals surface area contributed by atoms with Gasteiger partial charge in [-0.2, -0.15) is 0 Å². The van der Waals surface area contributed by atoms with E-state index in [9.17, 15) is 9.59 Å². The Bertz CT molecular complexity index is 479. The molecule has 0 aromatic carbocycles. The maximum atomic E-state index is 11.7. The van der Waals surface area contributed by atoms with Crippen LogP contribution in [0.5, 0.6) is 0 Å². The van der Waals surface area contributed by atoms with Crippen LogP contribution in [0.1, 0.15) is 25.1 Å². The van der Waals surface area contributed by atoms with Gasteiger partial charge in [0.2, 0.25) is 0 Å². The van der Waals surface area contributed by atoms with E-state index in [1.165, 1.54) is 0 Å². The number of amides is 2. The Balaban J connectivity index is 1.76. The van der Waals surface area contributed by atoms with Crippen LogP contribution in [0.15, 0.2) is 12.4 Å². The van der Waals surface area contributed by atoms with Gasteiger partial charge in [-0.15, -0.1) is 0 Å². The summed E-state index contributed by atoms with van der Waals surface area (Å²) in [5.41, 5.74) is -1.06. The fraction of sp³-hybridized carbons (Fsp3) is 0.583. The van der Waals surface area contributed by atoms with Crippen LogP contribution in [-0.2, 0) is 18.3 Å². The first-order chi connectivity index (χ1) is 9.03. The molecule has 7 heteroatoms. The molecule has 1 aliphatic rings. The summed E-state index contributed by atoms with van der Waals surface area (Å²) in [5, 5.41) is 14.3. The van der Waals surface area contributed by atoms with E-state index >= 15 is 0 Å². The van der Waals surface area contributed by atoms with E-state index in [1.54, 1.807) is 6.20 Å². The molecular formula is C12H18N4O3. The van der Waals surface area contributed by atoms with Crippen molar-refractivity contribution >= 4 is 12.0 Å². The van der Waals surface area contributed by atoms with Crippen LogP contribution in [0.4, 0.5) is 4.79 Å². The molecule has 3 N–H and O–H groups in total. The highest BCUT2D eigenvalue weighted by molar-refractivity contribution is 5.87. The molecule has 0 unspecified atom stereocenters. The van der Waals surface area contributed by atoms with E-state index in [0.29, 0.717) is 25.8 Å². The summed E-state index contributed by atoms with van der Waals surface area (Å²) in [6.45, 7) is 0.423.